The summed E-state index contributed by atoms with van der Waals surface area (Å²) in [6.07, 6.45) is 3.83. The van der Waals surface area contributed by atoms with Gasteiger partial charge in [-0.25, -0.2) is 13.2 Å². The van der Waals surface area contributed by atoms with Crippen LogP contribution in [0.15, 0.2) is 53.7 Å². The summed E-state index contributed by atoms with van der Waals surface area (Å²) in [6.45, 7) is 0.460. The number of nitrogens with zero attached hydrogens (tertiary/aromatic N) is 2. The number of ether oxygens (including phenoxy) is 1. The van der Waals surface area contributed by atoms with E-state index in [1.165, 1.54) is 17.0 Å². The molecule has 1 N–H and O–H groups in total. The zero-order chi connectivity index (χ0) is 19.4. The molecule has 3 rings (SSSR count). The van der Waals surface area contributed by atoms with Gasteiger partial charge in [-0.2, -0.15) is 0 Å². The summed E-state index contributed by atoms with van der Waals surface area (Å²) in [4.78, 5) is 30.0. The van der Waals surface area contributed by atoms with Gasteiger partial charge in [0.05, 0.1) is 11.4 Å². The Labute approximate surface area is 157 Å². The lowest BCUT2D eigenvalue weighted by Crippen LogP contribution is -2.45. The van der Waals surface area contributed by atoms with Gasteiger partial charge in [0.2, 0.25) is 5.91 Å². The molecule has 0 radical (unpaired) electrons. The van der Waals surface area contributed by atoms with Crippen molar-refractivity contribution < 1.29 is 22.7 Å². The number of pyridine rings is 1. The van der Waals surface area contributed by atoms with Crippen LogP contribution in [0.3, 0.4) is 0 Å². The number of aromatic nitrogens is 1. The number of hydrogen-bond acceptors (Lipinski definition) is 6. The maximum Gasteiger partial charge on any atom is 0.410 e. The molecule has 0 saturated carbocycles. The highest BCUT2D eigenvalue weighted by Crippen LogP contribution is 2.17. The van der Waals surface area contributed by atoms with Crippen molar-refractivity contribution in [2.45, 2.75) is 24.0 Å². The van der Waals surface area contributed by atoms with E-state index in [4.69, 9.17) is 4.74 Å². The number of rotatable bonds is 6. The summed E-state index contributed by atoms with van der Waals surface area (Å²) in [5, 5.41) is 2.76. The number of amides is 2. The molecule has 2 heterocycles. The Hall–Kier alpha value is -2.94. The van der Waals surface area contributed by atoms with Gasteiger partial charge in [-0.15, -0.1) is 0 Å². The van der Waals surface area contributed by atoms with Crippen LogP contribution in [0.1, 0.15) is 11.1 Å². The minimum Gasteiger partial charge on any atom is -0.447 e. The van der Waals surface area contributed by atoms with Gasteiger partial charge < -0.3 is 10.1 Å². The average molecular weight is 389 g/mol. The van der Waals surface area contributed by atoms with Crippen LogP contribution >= 0.6 is 0 Å². The standard InChI is InChI=1S/C18H19N3O5S/c1-27(24,25)15-4-2-13(3-5-15)10-20-17(22)16-12-26-18(23)21(16)11-14-6-8-19-9-7-14/h2-9,16H,10-12H2,1H3,(H,20,22)/t16-/m0/s1. The molecule has 1 fully saturated rings. The molecule has 2 aromatic rings. The minimum atomic E-state index is -3.26. The number of carbonyl (C=O) groups is 2. The average Bonchev–Trinajstić information content (AvgIpc) is 3.01. The normalized spacial score (nSPS) is 16.9. The molecule has 0 aliphatic carbocycles. The van der Waals surface area contributed by atoms with E-state index in [2.05, 4.69) is 10.3 Å². The first kappa shape index (κ1) is 18.8. The monoisotopic (exact) mass is 389 g/mol. The van der Waals surface area contributed by atoms with Gasteiger partial charge in [0.25, 0.3) is 0 Å². The van der Waals surface area contributed by atoms with E-state index in [0.29, 0.717) is 0 Å². The molecule has 2 amide bonds. The SMILES string of the molecule is CS(=O)(=O)c1ccc(CNC(=O)[C@@H]2COC(=O)N2Cc2ccncc2)cc1. The van der Waals surface area contributed by atoms with Crippen molar-refractivity contribution in [3.8, 4) is 0 Å². The number of hydrogen-bond donors (Lipinski definition) is 1. The van der Waals surface area contributed by atoms with E-state index in [1.54, 1.807) is 36.7 Å². The second-order valence-corrected chi connectivity index (χ2v) is 8.23. The van der Waals surface area contributed by atoms with E-state index in [-0.39, 0.29) is 30.5 Å². The predicted octanol–water partition coefficient (Wildman–Crippen LogP) is 1.12. The first-order chi connectivity index (χ1) is 12.8. The second-order valence-electron chi connectivity index (χ2n) is 6.21. The lowest BCUT2D eigenvalue weighted by Gasteiger charge is -2.20. The number of carbonyl (C=O) groups excluding carboxylic acids is 2. The molecule has 9 heteroatoms. The van der Waals surface area contributed by atoms with E-state index >= 15 is 0 Å². The largest absolute Gasteiger partial charge is 0.447 e. The minimum absolute atomic E-state index is 0.0111. The lowest BCUT2D eigenvalue weighted by atomic mass is 10.2. The molecule has 1 aliphatic rings. The number of benzene rings is 1. The first-order valence-electron chi connectivity index (χ1n) is 8.23. The highest BCUT2D eigenvalue weighted by atomic mass is 32.2. The van der Waals surface area contributed by atoms with Crippen LogP contribution in [0.5, 0.6) is 0 Å². The number of sulfone groups is 1. The fraction of sp³-hybridized carbons (Fsp3) is 0.278. The molecule has 1 aromatic heterocycles. The van der Waals surface area contributed by atoms with Crippen molar-refractivity contribution in [1.29, 1.82) is 0 Å². The zero-order valence-corrected chi connectivity index (χ0v) is 15.5. The number of cyclic esters (lactones) is 1. The maximum absolute atomic E-state index is 12.5. The molecule has 0 bridgehead atoms. The molecule has 142 valence electrons. The molecule has 1 aliphatic heterocycles. The first-order valence-corrected chi connectivity index (χ1v) is 10.1. The summed E-state index contributed by atoms with van der Waals surface area (Å²) >= 11 is 0. The van der Waals surface area contributed by atoms with Crippen molar-refractivity contribution in [3.63, 3.8) is 0 Å². The van der Waals surface area contributed by atoms with Gasteiger partial charge in [-0.3, -0.25) is 14.7 Å². The Balaban J connectivity index is 1.62. The zero-order valence-electron chi connectivity index (χ0n) is 14.7. The van der Waals surface area contributed by atoms with Crippen molar-refractivity contribution in [2.75, 3.05) is 12.9 Å². The van der Waals surface area contributed by atoms with Gasteiger partial charge in [0.1, 0.15) is 12.6 Å². The molecular weight excluding hydrogens is 370 g/mol. The van der Waals surface area contributed by atoms with Crippen LogP contribution in [0.2, 0.25) is 0 Å². The van der Waals surface area contributed by atoms with Crippen molar-refractivity contribution in [1.82, 2.24) is 15.2 Å². The topological polar surface area (TPSA) is 106 Å². The van der Waals surface area contributed by atoms with Crippen molar-refractivity contribution in [2.24, 2.45) is 0 Å². The van der Waals surface area contributed by atoms with Crippen LogP contribution in [0.4, 0.5) is 4.79 Å². The van der Waals surface area contributed by atoms with E-state index in [0.717, 1.165) is 17.4 Å². The van der Waals surface area contributed by atoms with Crippen LogP contribution in [-0.4, -0.2) is 49.2 Å². The van der Waals surface area contributed by atoms with E-state index in [1.807, 2.05) is 0 Å². The van der Waals surface area contributed by atoms with Crippen LogP contribution < -0.4 is 5.32 Å². The predicted molar refractivity (Wildman–Crippen MR) is 96.3 cm³/mol. The summed E-state index contributed by atoms with van der Waals surface area (Å²) in [5.74, 6) is -0.331. The van der Waals surface area contributed by atoms with Gasteiger partial charge >= 0.3 is 6.09 Å². The van der Waals surface area contributed by atoms with Gasteiger partial charge in [0, 0.05) is 25.2 Å². The molecule has 8 nitrogen and oxygen atoms in total. The third kappa shape index (κ3) is 4.62. The number of nitrogens with one attached hydrogen (secondary N) is 1. The molecule has 1 aromatic carbocycles. The molecule has 27 heavy (non-hydrogen) atoms. The summed E-state index contributed by atoms with van der Waals surface area (Å²) in [7, 11) is -3.26. The molecule has 0 unspecified atom stereocenters. The van der Waals surface area contributed by atoms with Crippen molar-refractivity contribution in [3.05, 3.63) is 59.9 Å². The fourth-order valence-electron chi connectivity index (χ4n) is 2.69. The van der Waals surface area contributed by atoms with E-state index < -0.39 is 22.0 Å². The smallest absolute Gasteiger partial charge is 0.410 e. The fourth-order valence-corrected chi connectivity index (χ4v) is 3.32. The Morgan fingerprint density at radius 1 is 1.19 bits per heavy atom. The van der Waals surface area contributed by atoms with E-state index in [9.17, 15) is 18.0 Å². The van der Waals surface area contributed by atoms with Crippen LogP contribution in [0, 0.1) is 0 Å². The summed E-state index contributed by atoms with van der Waals surface area (Å²) in [5.41, 5.74) is 1.60. The van der Waals surface area contributed by atoms with Gasteiger partial charge in [-0.05, 0) is 35.4 Å². The highest BCUT2D eigenvalue weighted by Gasteiger charge is 2.37. The summed E-state index contributed by atoms with van der Waals surface area (Å²) < 4.78 is 28.0. The van der Waals surface area contributed by atoms with Crippen LogP contribution in [0.25, 0.3) is 0 Å². The van der Waals surface area contributed by atoms with Gasteiger partial charge in [-0.1, -0.05) is 12.1 Å². The third-order valence-electron chi connectivity index (χ3n) is 4.20. The van der Waals surface area contributed by atoms with Crippen molar-refractivity contribution >= 4 is 21.8 Å². The quantitative estimate of drug-likeness (QED) is 0.794. The second kappa shape index (κ2) is 7.75. The summed E-state index contributed by atoms with van der Waals surface area (Å²) in [6, 6.07) is 9.08. The Morgan fingerprint density at radius 2 is 1.85 bits per heavy atom. The third-order valence-corrected chi connectivity index (χ3v) is 5.33. The molecule has 1 atom stereocenters. The van der Waals surface area contributed by atoms with Gasteiger partial charge in [0.15, 0.2) is 9.84 Å². The Kier molecular flexibility index (Phi) is 5.41. The van der Waals surface area contributed by atoms with Crippen LogP contribution in [-0.2, 0) is 32.5 Å². The lowest BCUT2D eigenvalue weighted by molar-refractivity contribution is -0.125. The Bertz CT molecular complexity index is 929. The molecule has 1 saturated heterocycles. The molecule has 0 spiro atoms. The Morgan fingerprint density at radius 3 is 2.48 bits per heavy atom. The highest BCUT2D eigenvalue weighted by molar-refractivity contribution is 7.90. The maximum atomic E-state index is 12.5. The molecular formula is C18H19N3O5S.